The third-order valence-corrected chi connectivity index (χ3v) is 6.09. The van der Waals surface area contributed by atoms with Gasteiger partial charge in [-0.2, -0.15) is 0 Å². The summed E-state index contributed by atoms with van der Waals surface area (Å²) in [7, 11) is 0. The van der Waals surface area contributed by atoms with Crippen molar-refractivity contribution in [1.82, 2.24) is 0 Å². The van der Waals surface area contributed by atoms with E-state index in [0.717, 1.165) is 53.9 Å². The van der Waals surface area contributed by atoms with Gasteiger partial charge in [0.1, 0.15) is 0 Å². The number of rotatable bonds is 16. The Hall–Kier alpha value is -0.700. The molecule has 1 aromatic carbocycles. The molecule has 2 nitrogen and oxygen atoms in total. The SMILES string of the molecule is CC(C)CCCC(C)CCOc1ccc(Br)cc1OCCC(C)CCCC(C)C. The highest BCUT2D eigenvalue weighted by molar-refractivity contribution is 9.10. The maximum absolute atomic E-state index is 6.11. The largest absolute Gasteiger partial charge is 0.490 e. The second kappa shape index (κ2) is 15.2. The van der Waals surface area contributed by atoms with E-state index in [9.17, 15) is 0 Å². The molecule has 1 aromatic rings. The zero-order valence-electron chi connectivity index (χ0n) is 19.8. The maximum atomic E-state index is 6.11. The Morgan fingerprint density at radius 3 is 1.62 bits per heavy atom. The molecule has 2 atom stereocenters. The van der Waals surface area contributed by atoms with Crippen LogP contribution >= 0.6 is 15.9 Å². The molecule has 3 heteroatoms. The van der Waals surface area contributed by atoms with Crippen LogP contribution in [-0.2, 0) is 0 Å². The van der Waals surface area contributed by atoms with Gasteiger partial charge in [-0.05, 0) is 54.7 Å². The van der Waals surface area contributed by atoms with Crippen molar-refractivity contribution < 1.29 is 9.47 Å². The second-order valence-corrected chi connectivity index (χ2v) is 10.6. The van der Waals surface area contributed by atoms with Gasteiger partial charge in [0.15, 0.2) is 11.5 Å². The Morgan fingerprint density at radius 2 is 1.14 bits per heavy atom. The lowest BCUT2D eigenvalue weighted by Crippen LogP contribution is -2.08. The molecule has 0 amide bonds. The van der Waals surface area contributed by atoms with E-state index in [-0.39, 0.29) is 0 Å². The van der Waals surface area contributed by atoms with E-state index < -0.39 is 0 Å². The van der Waals surface area contributed by atoms with Crippen LogP contribution in [-0.4, -0.2) is 13.2 Å². The number of hydrogen-bond acceptors (Lipinski definition) is 2. The standard InChI is InChI=1S/C26H45BrO2/c1-20(2)9-7-11-22(5)15-17-28-25-14-13-24(27)19-26(25)29-18-16-23(6)12-8-10-21(3)4/h13-14,19-23H,7-12,15-18H2,1-6H3. The Morgan fingerprint density at radius 1 is 0.655 bits per heavy atom. The van der Waals surface area contributed by atoms with Crippen LogP contribution in [0.3, 0.4) is 0 Å². The fourth-order valence-corrected chi connectivity index (χ4v) is 3.83. The minimum Gasteiger partial charge on any atom is -0.490 e. The summed E-state index contributed by atoms with van der Waals surface area (Å²) in [6.07, 6.45) is 10.1. The summed E-state index contributed by atoms with van der Waals surface area (Å²) in [5.41, 5.74) is 0. The summed E-state index contributed by atoms with van der Waals surface area (Å²) >= 11 is 3.56. The highest BCUT2D eigenvalue weighted by Crippen LogP contribution is 2.31. The van der Waals surface area contributed by atoms with Gasteiger partial charge in [0.2, 0.25) is 0 Å². The average molecular weight is 470 g/mol. The van der Waals surface area contributed by atoms with E-state index in [1.165, 1.54) is 38.5 Å². The Balaban J connectivity index is 2.37. The third-order valence-electron chi connectivity index (χ3n) is 5.60. The van der Waals surface area contributed by atoms with Gasteiger partial charge >= 0.3 is 0 Å². The van der Waals surface area contributed by atoms with Crippen molar-refractivity contribution in [2.24, 2.45) is 23.7 Å². The first-order valence-electron chi connectivity index (χ1n) is 11.8. The number of ether oxygens (including phenoxy) is 2. The van der Waals surface area contributed by atoms with Gasteiger partial charge < -0.3 is 9.47 Å². The molecule has 0 heterocycles. The molecule has 0 aromatic heterocycles. The summed E-state index contributed by atoms with van der Waals surface area (Å²) in [4.78, 5) is 0. The topological polar surface area (TPSA) is 18.5 Å². The number of hydrogen-bond donors (Lipinski definition) is 0. The van der Waals surface area contributed by atoms with Crippen molar-refractivity contribution in [2.45, 2.75) is 92.9 Å². The summed E-state index contributed by atoms with van der Waals surface area (Å²) in [6.45, 7) is 15.4. The van der Waals surface area contributed by atoms with E-state index in [0.29, 0.717) is 11.8 Å². The first-order chi connectivity index (χ1) is 13.8. The molecule has 0 N–H and O–H groups in total. The fourth-order valence-electron chi connectivity index (χ4n) is 3.49. The minimum absolute atomic E-state index is 0.706. The van der Waals surface area contributed by atoms with Crippen LogP contribution in [0.1, 0.15) is 92.9 Å². The highest BCUT2D eigenvalue weighted by Gasteiger charge is 2.10. The lowest BCUT2D eigenvalue weighted by molar-refractivity contribution is 0.237. The van der Waals surface area contributed by atoms with Crippen LogP contribution in [0.4, 0.5) is 0 Å². The summed E-state index contributed by atoms with van der Waals surface area (Å²) in [6, 6.07) is 6.09. The molecule has 29 heavy (non-hydrogen) atoms. The van der Waals surface area contributed by atoms with E-state index in [1.54, 1.807) is 0 Å². The van der Waals surface area contributed by atoms with Crippen LogP contribution in [0.25, 0.3) is 0 Å². The van der Waals surface area contributed by atoms with Gasteiger partial charge in [0.05, 0.1) is 13.2 Å². The van der Waals surface area contributed by atoms with Crippen molar-refractivity contribution >= 4 is 15.9 Å². The van der Waals surface area contributed by atoms with Gasteiger partial charge in [-0.1, -0.05) is 96.0 Å². The second-order valence-electron chi connectivity index (χ2n) is 9.73. The Labute approximate surface area is 189 Å². The van der Waals surface area contributed by atoms with Crippen molar-refractivity contribution in [3.8, 4) is 11.5 Å². The van der Waals surface area contributed by atoms with E-state index >= 15 is 0 Å². The molecule has 0 spiro atoms. The normalized spacial score (nSPS) is 13.7. The lowest BCUT2D eigenvalue weighted by atomic mass is 9.98. The quantitative estimate of drug-likeness (QED) is 0.241. The minimum atomic E-state index is 0.706. The molecular formula is C26H45BrO2. The predicted octanol–water partition coefficient (Wildman–Crippen LogP) is 8.91. The van der Waals surface area contributed by atoms with Crippen LogP contribution in [0, 0.1) is 23.7 Å². The van der Waals surface area contributed by atoms with E-state index in [1.807, 2.05) is 18.2 Å². The Bertz CT molecular complexity index is 542. The van der Waals surface area contributed by atoms with Crippen LogP contribution in [0.5, 0.6) is 11.5 Å². The lowest BCUT2D eigenvalue weighted by Gasteiger charge is -2.17. The molecule has 0 saturated carbocycles. The fraction of sp³-hybridized carbons (Fsp3) is 0.769. The zero-order valence-corrected chi connectivity index (χ0v) is 21.4. The molecule has 0 aliphatic carbocycles. The van der Waals surface area contributed by atoms with Gasteiger partial charge in [0.25, 0.3) is 0 Å². The summed E-state index contributed by atoms with van der Waals surface area (Å²) in [5, 5.41) is 0. The molecular weight excluding hydrogens is 424 g/mol. The van der Waals surface area contributed by atoms with Crippen LogP contribution in [0.15, 0.2) is 22.7 Å². The number of benzene rings is 1. The van der Waals surface area contributed by atoms with E-state index in [4.69, 9.17) is 9.47 Å². The Kier molecular flexibility index (Phi) is 13.8. The van der Waals surface area contributed by atoms with Gasteiger partial charge in [-0.15, -0.1) is 0 Å². The van der Waals surface area contributed by atoms with Gasteiger partial charge in [-0.25, -0.2) is 0 Å². The van der Waals surface area contributed by atoms with Crippen molar-refractivity contribution in [2.75, 3.05) is 13.2 Å². The molecule has 0 fully saturated rings. The summed E-state index contributed by atoms with van der Waals surface area (Å²) < 4.78 is 13.2. The van der Waals surface area contributed by atoms with Crippen molar-refractivity contribution in [3.05, 3.63) is 22.7 Å². The molecule has 0 aliphatic heterocycles. The van der Waals surface area contributed by atoms with Crippen molar-refractivity contribution in [3.63, 3.8) is 0 Å². The zero-order chi connectivity index (χ0) is 21.6. The smallest absolute Gasteiger partial charge is 0.162 e. The molecule has 2 unspecified atom stereocenters. The van der Waals surface area contributed by atoms with Gasteiger partial charge in [-0.3, -0.25) is 0 Å². The molecule has 168 valence electrons. The first kappa shape index (κ1) is 26.3. The highest BCUT2D eigenvalue weighted by atomic mass is 79.9. The average Bonchev–Trinajstić information content (AvgIpc) is 2.63. The first-order valence-corrected chi connectivity index (χ1v) is 12.6. The molecule has 1 rings (SSSR count). The van der Waals surface area contributed by atoms with Crippen LogP contribution in [0.2, 0.25) is 0 Å². The molecule has 0 saturated heterocycles. The van der Waals surface area contributed by atoms with Crippen molar-refractivity contribution in [1.29, 1.82) is 0 Å². The monoisotopic (exact) mass is 468 g/mol. The molecule has 0 bridgehead atoms. The van der Waals surface area contributed by atoms with Gasteiger partial charge in [0, 0.05) is 4.47 Å². The molecule has 0 aliphatic rings. The third kappa shape index (κ3) is 13.3. The predicted molar refractivity (Wildman–Crippen MR) is 130 cm³/mol. The maximum Gasteiger partial charge on any atom is 0.162 e. The van der Waals surface area contributed by atoms with Crippen LogP contribution < -0.4 is 9.47 Å². The van der Waals surface area contributed by atoms with E-state index in [2.05, 4.69) is 57.5 Å². The summed E-state index contributed by atoms with van der Waals surface area (Å²) in [5.74, 6) is 4.75. The number of halogens is 1. The molecule has 0 radical (unpaired) electrons.